The molecule has 1 N–H and O–H groups in total. The van der Waals surface area contributed by atoms with Gasteiger partial charge in [0.1, 0.15) is 16.8 Å². The first-order valence-electron chi connectivity index (χ1n) is 11.1. The first-order valence-corrected chi connectivity index (χ1v) is 12.6. The standard InChI is InChI=1S/C24H29NO5S/c1-29-19-4-6-20(7-5-19)31(27,28)22(21-3-2-8-30-21)15-25-23(26)24-12-16-9-17(13-24)11-18(10-16)14-24/h2-8,16-18,22H,9-15H2,1H3,(H,25,26)/t16?,17?,18?,22-,24?/m0/s1. The predicted octanol–water partition coefficient (Wildman–Crippen LogP) is 4.14. The Morgan fingerprint density at radius 2 is 1.71 bits per heavy atom. The number of sulfone groups is 1. The molecule has 0 saturated heterocycles. The Kier molecular flexibility index (Phi) is 5.12. The average Bonchev–Trinajstić information content (AvgIpc) is 3.27. The van der Waals surface area contributed by atoms with E-state index in [9.17, 15) is 13.2 Å². The van der Waals surface area contributed by atoms with Crippen LogP contribution in [-0.2, 0) is 14.6 Å². The highest BCUT2D eigenvalue weighted by Gasteiger charge is 2.54. The molecule has 166 valence electrons. The molecule has 1 heterocycles. The molecule has 4 aliphatic carbocycles. The number of amides is 1. The third-order valence-corrected chi connectivity index (χ3v) is 9.67. The normalized spacial score (nSPS) is 30.2. The summed E-state index contributed by atoms with van der Waals surface area (Å²) >= 11 is 0. The summed E-state index contributed by atoms with van der Waals surface area (Å²) in [5, 5.41) is 2.05. The van der Waals surface area contributed by atoms with Gasteiger partial charge in [-0.2, -0.15) is 0 Å². The van der Waals surface area contributed by atoms with Crippen molar-refractivity contribution in [2.24, 2.45) is 23.2 Å². The quantitative estimate of drug-likeness (QED) is 0.695. The predicted molar refractivity (Wildman–Crippen MR) is 115 cm³/mol. The third-order valence-electron chi connectivity index (χ3n) is 7.59. The third kappa shape index (κ3) is 3.67. The average molecular weight is 444 g/mol. The molecule has 1 atom stereocenters. The van der Waals surface area contributed by atoms with Crippen LogP contribution < -0.4 is 10.1 Å². The van der Waals surface area contributed by atoms with Crippen LogP contribution >= 0.6 is 0 Å². The molecule has 7 heteroatoms. The summed E-state index contributed by atoms with van der Waals surface area (Å²) in [6.07, 6.45) is 8.07. The van der Waals surface area contributed by atoms with E-state index >= 15 is 0 Å². The Balaban J connectivity index is 1.37. The molecule has 0 spiro atoms. The Bertz CT molecular complexity index is 1010. The number of nitrogens with one attached hydrogen (secondary N) is 1. The molecule has 31 heavy (non-hydrogen) atoms. The number of benzene rings is 1. The van der Waals surface area contributed by atoms with Crippen LogP contribution in [0.1, 0.15) is 49.5 Å². The highest BCUT2D eigenvalue weighted by Crippen LogP contribution is 2.60. The number of furan rings is 1. The lowest BCUT2D eigenvalue weighted by atomic mass is 9.49. The molecule has 4 bridgehead atoms. The van der Waals surface area contributed by atoms with Gasteiger partial charge in [-0.05, 0) is 92.7 Å². The van der Waals surface area contributed by atoms with Crippen molar-refractivity contribution in [2.45, 2.75) is 48.7 Å². The maximum absolute atomic E-state index is 13.4. The summed E-state index contributed by atoms with van der Waals surface area (Å²) in [6.45, 7) is 0.00244. The molecule has 0 radical (unpaired) electrons. The topological polar surface area (TPSA) is 85.6 Å². The zero-order valence-electron chi connectivity index (χ0n) is 17.8. The van der Waals surface area contributed by atoms with Crippen LogP contribution in [0.15, 0.2) is 52.0 Å². The summed E-state index contributed by atoms with van der Waals surface area (Å²) in [5.74, 6) is 2.90. The largest absolute Gasteiger partial charge is 0.497 e. The number of rotatable bonds is 7. The number of ether oxygens (including phenoxy) is 1. The van der Waals surface area contributed by atoms with E-state index < -0.39 is 15.1 Å². The van der Waals surface area contributed by atoms with E-state index in [1.54, 1.807) is 24.3 Å². The smallest absolute Gasteiger partial charge is 0.226 e. The second kappa shape index (κ2) is 7.69. The Labute approximate surface area is 183 Å². The highest BCUT2D eigenvalue weighted by molar-refractivity contribution is 7.91. The molecule has 1 amide bonds. The van der Waals surface area contributed by atoms with Gasteiger partial charge in [-0.3, -0.25) is 4.79 Å². The summed E-state index contributed by atoms with van der Waals surface area (Å²) < 4.78 is 37.5. The van der Waals surface area contributed by atoms with Crippen molar-refractivity contribution in [3.8, 4) is 5.75 Å². The van der Waals surface area contributed by atoms with Crippen molar-refractivity contribution in [2.75, 3.05) is 13.7 Å². The second-order valence-corrected chi connectivity index (χ2v) is 11.8. The minimum Gasteiger partial charge on any atom is -0.497 e. The number of carbonyl (C=O) groups is 1. The lowest BCUT2D eigenvalue weighted by Gasteiger charge is -2.55. The van der Waals surface area contributed by atoms with Crippen molar-refractivity contribution in [1.82, 2.24) is 5.32 Å². The fourth-order valence-electron chi connectivity index (χ4n) is 6.53. The van der Waals surface area contributed by atoms with Crippen LogP contribution in [0.3, 0.4) is 0 Å². The van der Waals surface area contributed by atoms with Crippen molar-refractivity contribution in [1.29, 1.82) is 0 Å². The molecular weight excluding hydrogens is 414 g/mol. The fourth-order valence-corrected chi connectivity index (χ4v) is 8.12. The molecule has 4 aliphatic rings. The maximum Gasteiger partial charge on any atom is 0.226 e. The summed E-state index contributed by atoms with van der Waals surface area (Å²) in [5.41, 5.74) is -0.313. The molecule has 0 unspecified atom stereocenters. The molecule has 4 saturated carbocycles. The van der Waals surface area contributed by atoms with E-state index in [0.717, 1.165) is 19.3 Å². The van der Waals surface area contributed by atoms with E-state index in [1.807, 2.05) is 0 Å². The molecular formula is C24H29NO5S. The summed E-state index contributed by atoms with van der Waals surface area (Å²) in [6, 6.07) is 9.64. The monoisotopic (exact) mass is 443 g/mol. The van der Waals surface area contributed by atoms with Gasteiger partial charge in [0, 0.05) is 12.0 Å². The molecule has 6 rings (SSSR count). The lowest BCUT2D eigenvalue weighted by Crippen LogP contribution is -2.54. The van der Waals surface area contributed by atoms with Gasteiger partial charge in [0.05, 0.1) is 18.3 Å². The van der Waals surface area contributed by atoms with Crippen molar-refractivity contribution in [3.05, 3.63) is 48.4 Å². The molecule has 2 aromatic rings. The summed E-state index contributed by atoms with van der Waals surface area (Å²) in [7, 11) is -2.23. The molecule has 4 fully saturated rings. The molecule has 1 aromatic heterocycles. The number of hydrogen-bond donors (Lipinski definition) is 1. The van der Waals surface area contributed by atoms with E-state index in [2.05, 4.69) is 5.32 Å². The van der Waals surface area contributed by atoms with Gasteiger partial charge in [0.15, 0.2) is 9.84 Å². The minimum atomic E-state index is -3.76. The Morgan fingerprint density at radius 1 is 1.10 bits per heavy atom. The van der Waals surface area contributed by atoms with Gasteiger partial charge in [-0.15, -0.1) is 0 Å². The van der Waals surface area contributed by atoms with Crippen molar-refractivity contribution in [3.63, 3.8) is 0 Å². The molecule has 0 aliphatic heterocycles. The van der Waals surface area contributed by atoms with E-state index in [1.165, 1.54) is 44.8 Å². The zero-order chi connectivity index (χ0) is 21.6. The molecule has 1 aromatic carbocycles. The van der Waals surface area contributed by atoms with Gasteiger partial charge in [0.25, 0.3) is 0 Å². The number of methoxy groups -OCH3 is 1. The zero-order valence-corrected chi connectivity index (χ0v) is 18.6. The first kappa shape index (κ1) is 20.6. The van der Waals surface area contributed by atoms with Gasteiger partial charge in [-0.25, -0.2) is 8.42 Å². The van der Waals surface area contributed by atoms with Crippen LogP contribution in [0, 0.1) is 23.2 Å². The SMILES string of the molecule is COc1ccc(S(=O)(=O)[C@@H](CNC(=O)C23CC4CC(CC(C4)C2)C3)c2ccco2)cc1. The van der Waals surface area contributed by atoms with E-state index in [-0.39, 0.29) is 22.8 Å². The fraction of sp³-hybridized carbons (Fsp3) is 0.542. The van der Waals surface area contributed by atoms with Gasteiger partial charge >= 0.3 is 0 Å². The van der Waals surface area contributed by atoms with Gasteiger partial charge in [-0.1, -0.05) is 0 Å². The number of hydrogen-bond acceptors (Lipinski definition) is 5. The Hall–Kier alpha value is -2.28. The number of carbonyl (C=O) groups excluding carboxylic acids is 1. The van der Waals surface area contributed by atoms with E-state index in [0.29, 0.717) is 29.3 Å². The highest BCUT2D eigenvalue weighted by atomic mass is 32.2. The van der Waals surface area contributed by atoms with Crippen LogP contribution in [0.2, 0.25) is 0 Å². The van der Waals surface area contributed by atoms with Crippen LogP contribution in [0.5, 0.6) is 5.75 Å². The maximum atomic E-state index is 13.4. The lowest BCUT2D eigenvalue weighted by molar-refractivity contribution is -0.146. The van der Waals surface area contributed by atoms with Crippen molar-refractivity contribution >= 4 is 15.7 Å². The van der Waals surface area contributed by atoms with Crippen LogP contribution in [0.4, 0.5) is 0 Å². The summed E-state index contributed by atoms with van der Waals surface area (Å²) in [4.78, 5) is 13.5. The van der Waals surface area contributed by atoms with E-state index in [4.69, 9.17) is 9.15 Å². The van der Waals surface area contributed by atoms with Crippen LogP contribution in [0.25, 0.3) is 0 Å². The van der Waals surface area contributed by atoms with Crippen LogP contribution in [-0.4, -0.2) is 28.0 Å². The Morgan fingerprint density at radius 3 is 2.23 bits per heavy atom. The first-order chi connectivity index (χ1) is 14.9. The van der Waals surface area contributed by atoms with Gasteiger partial charge < -0.3 is 14.5 Å². The second-order valence-electron chi connectivity index (χ2n) is 9.63. The molecule has 6 nitrogen and oxygen atoms in total. The minimum absolute atomic E-state index is 0.00244. The van der Waals surface area contributed by atoms with Gasteiger partial charge in [0.2, 0.25) is 5.91 Å². The van der Waals surface area contributed by atoms with Crippen molar-refractivity contribution < 1.29 is 22.4 Å².